The molecule has 0 spiro atoms. The molecule has 0 atom stereocenters. The van der Waals surface area contributed by atoms with Gasteiger partial charge in [-0.1, -0.05) is 44.9 Å². The number of hydrogen-bond donors (Lipinski definition) is 0. The molecule has 1 saturated carbocycles. The number of nitrogens with zero attached hydrogens (tertiary/aromatic N) is 2. The summed E-state index contributed by atoms with van der Waals surface area (Å²) in [6.07, 6.45) is 6.48. The Bertz CT molecular complexity index is 630. The zero-order chi connectivity index (χ0) is 15.5. The van der Waals surface area contributed by atoms with Crippen molar-refractivity contribution in [2.75, 3.05) is 4.90 Å². The predicted octanol–water partition coefficient (Wildman–Crippen LogP) is 4.86. The molecule has 0 N–H and O–H groups in total. The van der Waals surface area contributed by atoms with E-state index in [-0.39, 0.29) is 5.91 Å². The maximum absolute atomic E-state index is 13.0. The van der Waals surface area contributed by atoms with Gasteiger partial charge in [-0.05, 0) is 30.9 Å². The van der Waals surface area contributed by atoms with Crippen LogP contribution in [0.5, 0.6) is 0 Å². The van der Waals surface area contributed by atoms with Crippen molar-refractivity contribution in [3.8, 4) is 0 Å². The summed E-state index contributed by atoms with van der Waals surface area (Å²) in [6, 6.07) is 9.85. The summed E-state index contributed by atoms with van der Waals surface area (Å²) in [6.45, 7) is 4.33. The lowest BCUT2D eigenvalue weighted by atomic mass is 10.1. The molecule has 1 aliphatic rings. The Morgan fingerprint density at radius 1 is 1.23 bits per heavy atom. The number of carbonyl (C=O) groups excluding carboxylic acids is 1. The minimum Gasteiger partial charge on any atom is -0.281 e. The topological polar surface area (TPSA) is 33.2 Å². The highest BCUT2D eigenvalue weighted by Crippen LogP contribution is 2.34. The lowest BCUT2D eigenvalue weighted by Gasteiger charge is -2.26. The molecule has 1 amide bonds. The number of aromatic nitrogens is 1. The van der Waals surface area contributed by atoms with Crippen LogP contribution in [0, 0.1) is 0 Å². The molecule has 3 rings (SSSR count). The van der Waals surface area contributed by atoms with Gasteiger partial charge in [0.1, 0.15) is 0 Å². The molecule has 0 aliphatic heterocycles. The van der Waals surface area contributed by atoms with Crippen molar-refractivity contribution in [1.29, 1.82) is 0 Å². The highest BCUT2D eigenvalue weighted by atomic mass is 32.1. The summed E-state index contributed by atoms with van der Waals surface area (Å²) >= 11 is 1.65. The second-order valence-corrected chi connectivity index (χ2v) is 7.22. The molecule has 4 heteroatoms. The maximum Gasteiger partial charge on any atom is 0.260 e. The van der Waals surface area contributed by atoms with Gasteiger partial charge >= 0.3 is 0 Å². The summed E-state index contributed by atoms with van der Waals surface area (Å²) in [7, 11) is 0. The van der Waals surface area contributed by atoms with Crippen LogP contribution in [-0.4, -0.2) is 16.9 Å². The van der Waals surface area contributed by atoms with E-state index in [0.29, 0.717) is 12.0 Å². The lowest BCUT2D eigenvalue weighted by Crippen LogP contribution is -2.38. The SMILES string of the molecule is CC(C)c1cnc(N(C(=O)c2ccccc2)C2CCCC2)s1. The molecule has 0 radical (unpaired) electrons. The molecule has 1 heterocycles. The predicted molar refractivity (Wildman–Crippen MR) is 91.7 cm³/mol. The Kier molecular flexibility index (Phi) is 4.57. The molecule has 1 aromatic carbocycles. The highest BCUT2D eigenvalue weighted by Gasteiger charge is 2.30. The highest BCUT2D eigenvalue weighted by molar-refractivity contribution is 7.15. The molecule has 22 heavy (non-hydrogen) atoms. The average molecular weight is 314 g/mol. The van der Waals surface area contributed by atoms with E-state index < -0.39 is 0 Å². The van der Waals surface area contributed by atoms with Gasteiger partial charge in [0.05, 0.1) is 0 Å². The minimum atomic E-state index is 0.0807. The quantitative estimate of drug-likeness (QED) is 0.807. The molecular weight excluding hydrogens is 292 g/mol. The van der Waals surface area contributed by atoms with E-state index in [9.17, 15) is 4.79 Å². The standard InChI is InChI=1S/C18H22N2OS/c1-13(2)16-12-19-18(22-16)20(15-10-6-7-11-15)17(21)14-8-4-3-5-9-14/h3-5,8-9,12-13,15H,6-7,10-11H2,1-2H3. The van der Waals surface area contributed by atoms with E-state index in [1.165, 1.54) is 17.7 Å². The summed E-state index contributed by atoms with van der Waals surface area (Å²) in [5, 5.41) is 0.851. The van der Waals surface area contributed by atoms with Gasteiger partial charge < -0.3 is 0 Å². The molecule has 3 nitrogen and oxygen atoms in total. The first-order valence-corrected chi connectivity index (χ1v) is 8.83. The first kappa shape index (κ1) is 15.2. The summed E-state index contributed by atoms with van der Waals surface area (Å²) in [4.78, 5) is 20.7. The van der Waals surface area contributed by atoms with Crippen molar-refractivity contribution in [3.05, 3.63) is 47.0 Å². The average Bonchev–Trinajstić information content (AvgIpc) is 3.20. The van der Waals surface area contributed by atoms with Gasteiger partial charge in [0, 0.05) is 22.7 Å². The van der Waals surface area contributed by atoms with E-state index in [0.717, 1.165) is 23.5 Å². The zero-order valence-electron chi connectivity index (χ0n) is 13.2. The molecule has 0 bridgehead atoms. The van der Waals surface area contributed by atoms with Crippen LogP contribution in [0.2, 0.25) is 0 Å². The van der Waals surface area contributed by atoms with Crippen LogP contribution >= 0.6 is 11.3 Å². The number of hydrogen-bond acceptors (Lipinski definition) is 3. The summed E-state index contributed by atoms with van der Waals surface area (Å²) in [5.41, 5.74) is 0.746. The van der Waals surface area contributed by atoms with Crippen LogP contribution in [0.3, 0.4) is 0 Å². The Balaban J connectivity index is 1.94. The zero-order valence-corrected chi connectivity index (χ0v) is 14.0. The second-order valence-electron chi connectivity index (χ2n) is 6.18. The Hall–Kier alpha value is -1.68. The smallest absolute Gasteiger partial charge is 0.260 e. The first-order valence-electron chi connectivity index (χ1n) is 8.01. The van der Waals surface area contributed by atoms with Gasteiger partial charge in [0.25, 0.3) is 5.91 Å². The van der Waals surface area contributed by atoms with Crippen LogP contribution in [0.25, 0.3) is 0 Å². The van der Waals surface area contributed by atoms with E-state index in [1.807, 2.05) is 41.4 Å². The molecule has 0 unspecified atom stereocenters. The van der Waals surface area contributed by atoms with Crippen LogP contribution in [0.1, 0.15) is 60.7 Å². The lowest BCUT2D eigenvalue weighted by molar-refractivity contribution is 0.0977. The normalized spacial score (nSPS) is 15.4. The molecular formula is C18H22N2OS. The third-order valence-electron chi connectivity index (χ3n) is 4.22. The number of rotatable bonds is 4. The van der Waals surface area contributed by atoms with Crippen molar-refractivity contribution in [2.45, 2.75) is 51.5 Å². The van der Waals surface area contributed by atoms with Crippen molar-refractivity contribution < 1.29 is 4.79 Å². The van der Waals surface area contributed by atoms with Gasteiger partial charge in [-0.25, -0.2) is 4.98 Å². The van der Waals surface area contributed by atoms with Crippen molar-refractivity contribution >= 4 is 22.4 Å². The van der Waals surface area contributed by atoms with Crippen LogP contribution in [-0.2, 0) is 0 Å². The maximum atomic E-state index is 13.0. The Labute approximate surface area is 136 Å². The molecule has 0 saturated heterocycles. The third kappa shape index (κ3) is 3.07. The van der Waals surface area contributed by atoms with Gasteiger partial charge in [0.15, 0.2) is 5.13 Å². The van der Waals surface area contributed by atoms with Gasteiger partial charge in [-0.15, -0.1) is 11.3 Å². The van der Waals surface area contributed by atoms with E-state index in [2.05, 4.69) is 18.8 Å². The monoisotopic (exact) mass is 314 g/mol. The van der Waals surface area contributed by atoms with Crippen LogP contribution in [0.4, 0.5) is 5.13 Å². The molecule has 1 fully saturated rings. The number of anilines is 1. The van der Waals surface area contributed by atoms with Gasteiger partial charge in [-0.2, -0.15) is 0 Å². The minimum absolute atomic E-state index is 0.0807. The Morgan fingerprint density at radius 2 is 1.91 bits per heavy atom. The largest absolute Gasteiger partial charge is 0.281 e. The molecule has 116 valence electrons. The third-order valence-corrected chi connectivity index (χ3v) is 5.51. The van der Waals surface area contributed by atoms with Crippen LogP contribution < -0.4 is 4.90 Å². The molecule has 2 aromatic rings. The summed E-state index contributed by atoms with van der Waals surface area (Å²) in [5.74, 6) is 0.528. The van der Waals surface area contributed by atoms with E-state index in [4.69, 9.17) is 0 Å². The van der Waals surface area contributed by atoms with Crippen molar-refractivity contribution in [3.63, 3.8) is 0 Å². The molecule has 1 aromatic heterocycles. The van der Waals surface area contributed by atoms with Gasteiger partial charge in [0.2, 0.25) is 0 Å². The fourth-order valence-electron chi connectivity index (χ4n) is 2.95. The molecule has 1 aliphatic carbocycles. The number of carbonyl (C=O) groups is 1. The van der Waals surface area contributed by atoms with Gasteiger partial charge in [-0.3, -0.25) is 9.69 Å². The fraction of sp³-hybridized carbons (Fsp3) is 0.444. The fourth-order valence-corrected chi connectivity index (χ4v) is 3.93. The summed E-state index contributed by atoms with van der Waals surface area (Å²) < 4.78 is 0. The second kappa shape index (κ2) is 6.61. The number of benzene rings is 1. The van der Waals surface area contributed by atoms with Crippen LogP contribution in [0.15, 0.2) is 36.5 Å². The van der Waals surface area contributed by atoms with E-state index in [1.54, 1.807) is 11.3 Å². The number of amides is 1. The first-order chi connectivity index (χ1) is 10.7. The van der Waals surface area contributed by atoms with Crippen molar-refractivity contribution in [2.24, 2.45) is 0 Å². The van der Waals surface area contributed by atoms with E-state index >= 15 is 0 Å². The Morgan fingerprint density at radius 3 is 2.50 bits per heavy atom. The number of thiazole rings is 1. The van der Waals surface area contributed by atoms with Crippen molar-refractivity contribution in [1.82, 2.24) is 4.98 Å².